The van der Waals surface area contributed by atoms with Gasteiger partial charge in [-0.25, -0.2) is 0 Å². The molecular formula is C22H25NO5. The fourth-order valence-electron chi connectivity index (χ4n) is 3.41. The lowest BCUT2D eigenvalue weighted by Gasteiger charge is -2.08. The first-order valence-corrected chi connectivity index (χ1v) is 9.34. The number of carbonyl (C=O) groups is 2. The van der Waals surface area contributed by atoms with Crippen molar-refractivity contribution in [3.8, 4) is 5.75 Å². The van der Waals surface area contributed by atoms with Crippen molar-refractivity contribution in [2.75, 3.05) is 13.7 Å². The molecule has 0 atom stereocenters. The van der Waals surface area contributed by atoms with E-state index in [0.717, 1.165) is 35.3 Å². The highest BCUT2D eigenvalue weighted by molar-refractivity contribution is 5.99. The number of aromatic nitrogens is 1. The number of furan rings is 1. The zero-order valence-electron chi connectivity index (χ0n) is 16.7. The van der Waals surface area contributed by atoms with Gasteiger partial charge in [0.2, 0.25) is 5.78 Å². The molecule has 28 heavy (non-hydrogen) atoms. The minimum absolute atomic E-state index is 0.0431. The van der Waals surface area contributed by atoms with Crippen molar-refractivity contribution < 1.29 is 23.5 Å². The Kier molecular flexibility index (Phi) is 5.87. The summed E-state index contributed by atoms with van der Waals surface area (Å²) < 4.78 is 18.0. The summed E-state index contributed by atoms with van der Waals surface area (Å²) in [6.45, 7) is 6.59. The van der Waals surface area contributed by atoms with Gasteiger partial charge in [0.1, 0.15) is 11.3 Å². The second-order valence-electron chi connectivity index (χ2n) is 6.82. The number of carbonyl (C=O) groups excluding carboxylic acids is 2. The number of hydrogen-bond acceptors (Lipinski definition) is 5. The number of methoxy groups -OCH3 is 1. The quantitative estimate of drug-likeness (QED) is 0.430. The van der Waals surface area contributed by atoms with Crippen molar-refractivity contribution in [3.63, 3.8) is 0 Å². The molecule has 0 saturated heterocycles. The molecule has 148 valence electrons. The SMILES string of the molecule is CCCn1c(C)cc(C(=O)COC(=O)Cc2coc3cc(OC)ccc23)c1C. The van der Waals surface area contributed by atoms with Crippen LogP contribution in [0.1, 0.15) is 40.7 Å². The van der Waals surface area contributed by atoms with Gasteiger partial charge in [-0.15, -0.1) is 0 Å². The third-order valence-corrected chi connectivity index (χ3v) is 4.88. The predicted octanol–water partition coefficient (Wildman–Crippen LogP) is 4.24. The standard InChI is InChI=1S/C22H25NO5/c1-5-8-23-14(2)9-19(15(23)3)20(24)13-28-22(25)10-16-12-27-21-11-17(26-4)6-7-18(16)21/h6-7,9,11-12H,5,8,10,13H2,1-4H3. The molecule has 0 fully saturated rings. The number of hydrogen-bond donors (Lipinski definition) is 0. The number of benzene rings is 1. The number of esters is 1. The molecule has 0 bridgehead atoms. The maximum Gasteiger partial charge on any atom is 0.310 e. The highest BCUT2D eigenvalue weighted by Crippen LogP contribution is 2.26. The largest absolute Gasteiger partial charge is 0.497 e. The molecule has 0 N–H and O–H groups in total. The molecule has 3 aromatic rings. The molecular weight excluding hydrogens is 358 g/mol. The van der Waals surface area contributed by atoms with Crippen LogP contribution in [0.5, 0.6) is 5.75 Å². The van der Waals surface area contributed by atoms with Crippen LogP contribution < -0.4 is 4.74 Å². The number of aryl methyl sites for hydroxylation is 1. The molecule has 0 unspecified atom stereocenters. The van der Waals surface area contributed by atoms with Crippen LogP contribution in [0.4, 0.5) is 0 Å². The van der Waals surface area contributed by atoms with Gasteiger partial charge >= 0.3 is 5.97 Å². The van der Waals surface area contributed by atoms with Crippen LogP contribution in [0.3, 0.4) is 0 Å². The monoisotopic (exact) mass is 383 g/mol. The fourth-order valence-corrected chi connectivity index (χ4v) is 3.41. The lowest BCUT2D eigenvalue weighted by Crippen LogP contribution is -2.16. The van der Waals surface area contributed by atoms with Crippen molar-refractivity contribution >= 4 is 22.7 Å². The molecule has 0 spiro atoms. The Hall–Kier alpha value is -3.02. The van der Waals surface area contributed by atoms with Gasteiger partial charge < -0.3 is 18.5 Å². The van der Waals surface area contributed by atoms with E-state index in [1.54, 1.807) is 13.2 Å². The Morgan fingerprint density at radius 2 is 1.96 bits per heavy atom. The van der Waals surface area contributed by atoms with Gasteiger partial charge in [0.15, 0.2) is 6.61 Å². The first-order chi connectivity index (χ1) is 13.4. The van der Waals surface area contributed by atoms with E-state index in [9.17, 15) is 9.59 Å². The van der Waals surface area contributed by atoms with Crippen LogP contribution in [0.25, 0.3) is 11.0 Å². The zero-order valence-corrected chi connectivity index (χ0v) is 16.7. The summed E-state index contributed by atoms with van der Waals surface area (Å²) in [5, 5.41) is 0.826. The number of ketones is 1. The molecule has 6 nitrogen and oxygen atoms in total. The summed E-state index contributed by atoms with van der Waals surface area (Å²) in [6, 6.07) is 7.27. The summed E-state index contributed by atoms with van der Waals surface area (Å²) in [5.41, 5.74) is 3.92. The summed E-state index contributed by atoms with van der Waals surface area (Å²) >= 11 is 0. The normalized spacial score (nSPS) is 11.0. The molecule has 0 aliphatic heterocycles. The van der Waals surface area contributed by atoms with Gasteiger partial charge in [-0.1, -0.05) is 6.92 Å². The van der Waals surface area contributed by atoms with Crippen molar-refractivity contribution in [3.05, 3.63) is 53.0 Å². The van der Waals surface area contributed by atoms with Gasteiger partial charge in [0.25, 0.3) is 0 Å². The van der Waals surface area contributed by atoms with Crippen LogP contribution in [0.15, 0.2) is 34.9 Å². The van der Waals surface area contributed by atoms with Crippen LogP contribution >= 0.6 is 0 Å². The molecule has 0 saturated carbocycles. The average Bonchev–Trinajstić information content (AvgIpc) is 3.21. The van der Waals surface area contributed by atoms with Crippen LogP contribution in [0.2, 0.25) is 0 Å². The molecule has 6 heteroatoms. The molecule has 0 radical (unpaired) electrons. The smallest absolute Gasteiger partial charge is 0.310 e. The Morgan fingerprint density at radius 1 is 1.18 bits per heavy atom. The van der Waals surface area contributed by atoms with Gasteiger partial charge in [0.05, 0.1) is 19.8 Å². The molecule has 0 aliphatic carbocycles. The first kappa shape index (κ1) is 19.7. The molecule has 0 aliphatic rings. The first-order valence-electron chi connectivity index (χ1n) is 9.34. The molecule has 0 amide bonds. The van der Waals surface area contributed by atoms with Crippen LogP contribution in [0, 0.1) is 13.8 Å². The second-order valence-corrected chi connectivity index (χ2v) is 6.82. The Balaban J connectivity index is 1.63. The summed E-state index contributed by atoms with van der Waals surface area (Å²) in [5.74, 6) is 0.0297. The predicted molar refractivity (Wildman–Crippen MR) is 106 cm³/mol. The summed E-state index contributed by atoms with van der Waals surface area (Å²) in [6.07, 6.45) is 2.57. The van der Waals surface area contributed by atoms with E-state index < -0.39 is 5.97 Å². The van der Waals surface area contributed by atoms with Crippen molar-refractivity contribution in [1.82, 2.24) is 4.57 Å². The van der Waals surface area contributed by atoms with Crippen LogP contribution in [-0.4, -0.2) is 30.0 Å². The molecule has 1 aromatic carbocycles. The highest BCUT2D eigenvalue weighted by atomic mass is 16.5. The van der Waals surface area contributed by atoms with Crippen LogP contribution in [-0.2, 0) is 22.5 Å². The Bertz CT molecular complexity index is 1010. The molecule has 2 aromatic heterocycles. The fraction of sp³-hybridized carbons (Fsp3) is 0.364. The van der Waals surface area contributed by atoms with E-state index in [1.807, 2.05) is 32.0 Å². The summed E-state index contributed by atoms with van der Waals surface area (Å²) in [7, 11) is 1.58. The minimum atomic E-state index is -0.464. The third kappa shape index (κ3) is 3.96. The second kappa shape index (κ2) is 8.33. The summed E-state index contributed by atoms with van der Waals surface area (Å²) in [4.78, 5) is 24.7. The highest BCUT2D eigenvalue weighted by Gasteiger charge is 2.18. The van der Waals surface area contributed by atoms with Crippen molar-refractivity contribution in [2.45, 2.75) is 40.2 Å². The van der Waals surface area contributed by atoms with Gasteiger partial charge in [-0.3, -0.25) is 9.59 Å². The van der Waals surface area contributed by atoms with E-state index in [-0.39, 0.29) is 18.8 Å². The Labute approximate surface area is 164 Å². The van der Waals surface area contributed by atoms with E-state index in [2.05, 4.69) is 11.5 Å². The van der Waals surface area contributed by atoms with E-state index in [4.69, 9.17) is 13.9 Å². The zero-order chi connectivity index (χ0) is 20.3. The Morgan fingerprint density at radius 3 is 2.68 bits per heavy atom. The number of nitrogens with zero attached hydrogens (tertiary/aromatic N) is 1. The van der Waals surface area contributed by atoms with Crippen molar-refractivity contribution in [2.24, 2.45) is 0 Å². The lowest BCUT2D eigenvalue weighted by molar-refractivity contribution is -0.141. The van der Waals surface area contributed by atoms with E-state index >= 15 is 0 Å². The van der Waals surface area contributed by atoms with Gasteiger partial charge in [0, 0.05) is 40.5 Å². The number of ether oxygens (including phenoxy) is 2. The van der Waals surface area contributed by atoms with E-state index in [0.29, 0.717) is 16.9 Å². The van der Waals surface area contributed by atoms with Gasteiger partial charge in [-0.05, 0) is 38.5 Å². The molecule has 3 rings (SSSR count). The van der Waals surface area contributed by atoms with Gasteiger partial charge in [-0.2, -0.15) is 0 Å². The lowest BCUT2D eigenvalue weighted by atomic mass is 10.1. The maximum absolute atomic E-state index is 12.5. The topological polar surface area (TPSA) is 70.7 Å². The van der Waals surface area contributed by atoms with Crippen molar-refractivity contribution in [1.29, 1.82) is 0 Å². The third-order valence-electron chi connectivity index (χ3n) is 4.88. The number of Topliss-reactive ketones (excluding diaryl/α,β-unsaturated/α-hetero) is 1. The average molecular weight is 383 g/mol. The minimum Gasteiger partial charge on any atom is -0.497 e. The maximum atomic E-state index is 12.5. The number of fused-ring (bicyclic) bond motifs is 1. The molecule has 2 heterocycles. The number of rotatable bonds is 8. The van der Waals surface area contributed by atoms with E-state index in [1.165, 1.54) is 6.26 Å².